The molecular weight excluding hydrogens is 295 g/mol. The highest BCUT2D eigenvalue weighted by Gasteiger charge is 2.28. The number of anilines is 1. The first-order valence-corrected chi connectivity index (χ1v) is 6.76. The van der Waals surface area contributed by atoms with E-state index in [1.165, 1.54) is 24.3 Å². The van der Waals surface area contributed by atoms with Gasteiger partial charge in [0.1, 0.15) is 11.0 Å². The van der Waals surface area contributed by atoms with Crippen molar-refractivity contribution in [2.24, 2.45) is 0 Å². The van der Waals surface area contributed by atoms with Gasteiger partial charge in [0, 0.05) is 5.69 Å². The van der Waals surface area contributed by atoms with Crippen LogP contribution in [-0.4, -0.2) is 26.4 Å². The molecule has 0 spiro atoms. The summed E-state index contributed by atoms with van der Waals surface area (Å²) in [6, 6.07) is 4.99. The molecule has 0 atom stereocenters. The summed E-state index contributed by atoms with van der Waals surface area (Å²) in [4.78, 5) is 0. The Morgan fingerprint density at radius 1 is 1.22 bits per heavy atom. The minimum absolute atomic E-state index is 0.0128. The monoisotopic (exact) mass is 303 g/mol. The summed E-state index contributed by atoms with van der Waals surface area (Å²) in [5, 5.41) is -0.612. The van der Waals surface area contributed by atoms with Crippen LogP contribution in [0.2, 0.25) is 0 Å². The van der Waals surface area contributed by atoms with Crippen LogP contribution < -0.4 is 9.46 Å². The van der Waals surface area contributed by atoms with Crippen LogP contribution in [0.1, 0.15) is 0 Å². The number of benzene rings is 1. The van der Waals surface area contributed by atoms with Gasteiger partial charge in [-0.1, -0.05) is 0 Å². The molecule has 0 aliphatic carbocycles. The number of nitrogens with one attached hydrogen (secondary N) is 1. The smallest absolute Gasteiger partial charge is 0.422 e. The topological polar surface area (TPSA) is 55.4 Å². The third kappa shape index (κ3) is 5.46. The second-order valence-corrected chi connectivity index (χ2v) is 5.56. The fraction of sp³-hybridized carbons (Fsp3) is 0.333. The van der Waals surface area contributed by atoms with E-state index in [1.807, 2.05) is 0 Å². The number of hydrogen-bond acceptors (Lipinski definition) is 3. The standard InChI is InChI=1S/C9H9ClF3NO3S/c10-6-18(15,16)14-7-1-3-8(4-2-7)17-5-9(11,12)13/h1-4,14H,5-6H2. The lowest BCUT2D eigenvalue weighted by molar-refractivity contribution is -0.153. The van der Waals surface area contributed by atoms with Crippen molar-refractivity contribution in [1.82, 2.24) is 0 Å². The van der Waals surface area contributed by atoms with E-state index in [-0.39, 0.29) is 11.4 Å². The lowest BCUT2D eigenvalue weighted by Gasteiger charge is -2.10. The Bertz CT molecular complexity index is 487. The fourth-order valence-corrected chi connectivity index (χ4v) is 1.70. The molecule has 1 N–H and O–H groups in total. The first kappa shape index (κ1) is 14.9. The maximum absolute atomic E-state index is 11.9. The van der Waals surface area contributed by atoms with E-state index in [9.17, 15) is 21.6 Å². The lowest BCUT2D eigenvalue weighted by atomic mass is 10.3. The van der Waals surface area contributed by atoms with E-state index in [1.54, 1.807) is 0 Å². The zero-order valence-corrected chi connectivity index (χ0v) is 10.4. The van der Waals surface area contributed by atoms with Crippen LogP contribution in [0, 0.1) is 0 Å². The van der Waals surface area contributed by atoms with Gasteiger partial charge in [0.05, 0.1) is 0 Å². The Kier molecular flexibility index (Phi) is 4.69. The van der Waals surface area contributed by atoms with Crippen LogP contribution in [0.5, 0.6) is 5.75 Å². The number of sulfonamides is 1. The Morgan fingerprint density at radius 2 is 1.78 bits per heavy atom. The number of rotatable bonds is 5. The zero-order valence-electron chi connectivity index (χ0n) is 8.87. The Labute approximate surface area is 107 Å². The van der Waals surface area contributed by atoms with Crippen molar-refractivity contribution >= 4 is 27.3 Å². The molecule has 0 unspecified atom stereocenters. The van der Waals surface area contributed by atoms with Crippen molar-refractivity contribution in [3.63, 3.8) is 0 Å². The molecule has 0 aliphatic rings. The van der Waals surface area contributed by atoms with E-state index >= 15 is 0 Å². The first-order valence-electron chi connectivity index (χ1n) is 4.58. The summed E-state index contributed by atoms with van der Waals surface area (Å²) in [6.45, 7) is -1.40. The molecule has 0 radical (unpaired) electrons. The Hall–Kier alpha value is -1.15. The fourth-order valence-electron chi connectivity index (χ4n) is 0.991. The summed E-state index contributed by atoms with van der Waals surface area (Å²) in [7, 11) is -3.63. The van der Waals surface area contributed by atoms with Crippen LogP contribution >= 0.6 is 11.6 Å². The second-order valence-electron chi connectivity index (χ2n) is 3.25. The lowest BCUT2D eigenvalue weighted by Crippen LogP contribution is -2.19. The maximum atomic E-state index is 11.9. The number of halogens is 4. The van der Waals surface area contributed by atoms with Gasteiger partial charge in [-0.3, -0.25) is 4.72 Å². The molecule has 0 aromatic heterocycles. The van der Waals surface area contributed by atoms with Crippen molar-refractivity contribution in [3.8, 4) is 5.75 Å². The number of alkyl halides is 4. The highest BCUT2D eigenvalue weighted by Crippen LogP contribution is 2.20. The van der Waals surface area contributed by atoms with Crippen LogP contribution in [0.15, 0.2) is 24.3 Å². The summed E-state index contributed by atoms with van der Waals surface area (Å²) in [6.07, 6.45) is -4.42. The van der Waals surface area contributed by atoms with Gasteiger partial charge in [0.25, 0.3) is 0 Å². The van der Waals surface area contributed by atoms with Gasteiger partial charge in [0.2, 0.25) is 10.0 Å². The molecule has 9 heteroatoms. The molecule has 0 saturated heterocycles. The molecule has 4 nitrogen and oxygen atoms in total. The van der Waals surface area contributed by atoms with Gasteiger partial charge in [-0.2, -0.15) is 13.2 Å². The van der Waals surface area contributed by atoms with Gasteiger partial charge in [-0.25, -0.2) is 8.42 Å². The quantitative estimate of drug-likeness (QED) is 0.851. The van der Waals surface area contributed by atoms with E-state index in [2.05, 4.69) is 9.46 Å². The predicted octanol–water partition coefficient (Wildman–Crippen LogP) is 2.57. The summed E-state index contributed by atoms with van der Waals surface area (Å²) in [5.41, 5.74) is 0.190. The van der Waals surface area contributed by atoms with Crippen molar-refractivity contribution < 1.29 is 26.3 Å². The van der Waals surface area contributed by atoms with Crippen molar-refractivity contribution in [2.45, 2.75) is 6.18 Å². The molecule has 0 bridgehead atoms. The minimum atomic E-state index is -4.42. The molecule has 0 heterocycles. The molecule has 1 aromatic carbocycles. The average molecular weight is 304 g/mol. The first-order chi connectivity index (χ1) is 8.22. The van der Waals surface area contributed by atoms with E-state index < -0.39 is 28.0 Å². The molecule has 0 amide bonds. The van der Waals surface area contributed by atoms with Crippen LogP contribution in [0.4, 0.5) is 18.9 Å². The predicted molar refractivity (Wildman–Crippen MR) is 61.3 cm³/mol. The van der Waals surface area contributed by atoms with Gasteiger partial charge in [-0.05, 0) is 24.3 Å². The molecule has 0 saturated carbocycles. The largest absolute Gasteiger partial charge is 0.484 e. The second kappa shape index (κ2) is 5.66. The SMILES string of the molecule is O=S(=O)(CCl)Nc1ccc(OCC(F)(F)F)cc1. The van der Waals surface area contributed by atoms with Gasteiger partial charge >= 0.3 is 6.18 Å². The highest BCUT2D eigenvalue weighted by molar-refractivity contribution is 7.93. The summed E-state index contributed by atoms with van der Waals surface area (Å²) >= 11 is 5.17. The normalized spacial score (nSPS) is 12.2. The molecule has 1 aromatic rings. The third-order valence-corrected chi connectivity index (χ3v) is 3.37. The molecule has 0 fully saturated rings. The van der Waals surface area contributed by atoms with E-state index in [4.69, 9.17) is 11.6 Å². The van der Waals surface area contributed by atoms with E-state index in [0.717, 1.165) is 0 Å². The number of hydrogen-bond donors (Lipinski definition) is 1. The van der Waals surface area contributed by atoms with Gasteiger partial charge in [0.15, 0.2) is 6.61 Å². The third-order valence-electron chi connectivity index (χ3n) is 1.67. The summed E-state index contributed by atoms with van der Waals surface area (Å²) < 4.78 is 64.3. The average Bonchev–Trinajstić information content (AvgIpc) is 2.27. The molecule has 102 valence electrons. The molecule has 0 aliphatic heterocycles. The van der Waals surface area contributed by atoms with Gasteiger partial charge in [-0.15, -0.1) is 11.6 Å². The molecular formula is C9H9ClF3NO3S. The molecule has 18 heavy (non-hydrogen) atoms. The summed E-state index contributed by atoms with van der Waals surface area (Å²) in [5.74, 6) is -0.0128. The van der Waals surface area contributed by atoms with Crippen LogP contribution in [0.25, 0.3) is 0 Å². The Balaban J connectivity index is 2.63. The highest BCUT2D eigenvalue weighted by atomic mass is 35.5. The zero-order chi connectivity index (χ0) is 13.8. The minimum Gasteiger partial charge on any atom is -0.484 e. The van der Waals surface area contributed by atoms with Crippen LogP contribution in [0.3, 0.4) is 0 Å². The maximum Gasteiger partial charge on any atom is 0.422 e. The van der Waals surface area contributed by atoms with E-state index in [0.29, 0.717) is 0 Å². The van der Waals surface area contributed by atoms with Crippen molar-refractivity contribution in [3.05, 3.63) is 24.3 Å². The Morgan fingerprint density at radius 3 is 2.22 bits per heavy atom. The van der Waals surface area contributed by atoms with Crippen LogP contribution in [-0.2, 0) is 10.0 Å². The molecule has 1 rings (SSSR count). The van der Waals surface area contributed by atoms with Gasteiger partial charge < -0.3 is 4.74 Å². The van der Waals surface area contributed by atoms with Crippen molar-refractivity contribution in [1.29, 1.82) is 0 Å². The number of ether oxygens (including phenoxy) is 1. The van der Waals surface area contributed by atoms with Crippen molar-refractivity contribution in [2.75, 3.05) is 16.5 Å².